The quantitative estimate of drug-likeness (QED) is 0.617. The van der Waals surface area contributed by atoms with Gasteiger partial charge in [0.15, 0.2) is 23.0 Å². The average Bonchev–Trinajstić information content (AvgIpc) is 2.68. The van der Waals surface area contributed by atoms with E-state index in [1.54, 1.807) is 18.2 Å². The topological polar surface area (TPSA) is 101 Å². The van der Waals surface area contributed by atoms with Crippen molar-refractivity contribution >= 4 is 29.3 Å². The molecule has 0 atom stereocenters. The fraction of sp³-hybridized carbons (Fsp3) is 0.158. The van der Waals surface area contributed by atoms with E-state index in [1.807, 2.05) is 6.07 Å². The van der Waals surface area contributed by atoms with Crippen LogP contribution in [-0.4, -0.2) is 31.3 Å². The maximum absolute atomic E-state index is 12.4. The number of methoxy groups -OCH3 is 1. The SMILES string of the molecule is COc1cc(C=C(C#N)C(=O)Nc2ccc3c(c2)OCCO3)cc(Cl)c1O. The first-order valence-corrected chi connectivity index (χ1v) is 8.29. The second kappa shape index (κ2) is 7.89. The van der Waals surface area contributed by atoms with Crippen LogP contribution in [0.5, 0.6) is 23.0 Å². The molecule has 138 valence electrons. The molecule has 1 amide bonds. The van der Waals surface area contributed by atoms with Crippen LogP contribution in [0.1, 0.15) is 5.56 Å². The number of phenolic OH excluding ortho intramolecular Hbond substituents is 1. The lowest BCUT2D eigenvalue weighted by atomic mass is 10.1. The number of rotatable bonds is 4. The van der Waals surface area contributed by atoms with Crippen molar-refractivity contribution in [3.05, 3.63) is 46.5 Å². The number of nitrogens with zero attached hydrogens (tertiary/aromatic N) is 1. The molecule has 2 aromatic rings. The van der Waals surface area contributed by atoms with Crippen molar-refractivity contribution < 1.29 is 24.1 Å². The highest BCUT2D eigenvalue weighted by Crippen LogP contribution is 2.36. The van der Waals surface area contributed by atoms with E-state index < -0.39 is 5.91 Å². The molecule has 0 radical (unpaired) electrons. The van der Waals surface area contributed by atoms with Gasteiger partial charge in [0.05, 0.1) is 12.1 Å². The number of carbonyl (C=O) groups is 1. The van der Waals surface area contributed by atoms with Gasteiger partial charge in [-0.1, -0.05) is 11.6 Å². The summed E-state index contributed by atoms with van der Waals surface area (Å²) in [4.78, 5) is 12.4. The highest BCUT2D eigenvalue weighted by molar-refractivity contribution is 6.32. The van der Waals surface area contributed by atoms with Crippen molar-refractivity contribution in [3.8, 4) is 29.1 Å². The van der Waals surface area contributed by atoms with Crippen LogP contribution >= 0.6 is 11.6 Å². The number of halogens is 1. The average molecular weight is 387 g/mol. The highest BCUT2D eigenvalue weighted by atomic mass is 35.5. The summed E-state index contributed by atoms with van der Waals surface area (Å²) < 4.78 is 15.9. The van der Waals surface area contributed by atoms with Crippen molar-refractivity contribution in [2.24, 2.45) is 0 Å². The first-order chi connectivity index (χ1) is 13.0. The molecule has 3 rings (SSSR count). The second-order valence-electron chi connectivity index (χ2n) is 5.54. The number of aromatic hydroxyl groups is 1. The third-order valence-corrected chi connectivity index (χ3v) is 4.03. The van der Waals surface area contributed by atoms with Crippen LogP contribution in [0.4, 0.5) is 5.69 Å². The molecule has 1 heterocycles. The molecule has 2 N–H and O–H groups in total. The zero-order valence-corrected chi connectivity index (χ0v) is 15.0. The van der Waals surface area contributed by atoms with Gasteiger partial charge < -0.3 is 24.6 Å². The van der Waals surface area contributed by atoms with E-state index in [0.717, 1.165) is 0 Å². The largest absolute Gasteiger partial charge is 0.503 e. The van der Waals surface area contributed by atoms with Crippen molar-refractivity contribution in [1.82, 2.24) is 0 Å². The fourth-order valence-electron chi connectivity index (χ4n) is 2.47. The Morgan fingerprint density at radius 1 is 1.30 bits per heavy atom. The van der Waals surface area contributed by atoms with E-state index in [0.29, 0.717) is 36.0 Å². The summed E-state index contributed by atoms with van der Waals surface area (Å²) in [6.07, 6.45) is 1.35. The van der Waals surface area contributed by atoms with E-state index in [4.69, 9.17) is 25.8 Å². The predicted octanol–water partition coefficient (Wildman–Crippen LogP) is 3.37. The lowest BCUT2D eigenvalue weighted by molar-refractivity contribution is -0.112. The lowest BCUT2D eigenvalue weighted by Crippen LogP contribution is -2.17. The molecular formula is C19H15ClN2O5. The van der Waals surface area contributed by atoms with Crippen LogP contribution in [0.15, 0.2) is 35.9 Å². The first-order valence-electron chi connectivity index (χ1n) is 7.91. The summed E-state index contributed by atoms with van der Waals surface area (Å²) in [7, 11) is 1.37. The molecule has 0 saturated carbocycles. The fourth-order valence-corrected chi connectivity index (χ4v) is 2.69. The van der Waals surface area contributed by atoms with E-state index >= 15 is 0 Å². The Morgan fingerprint density at radius 3 is 2.74 bits per heavy atom. The number of hydrogen-bond acceptors (Lipinski definition) is 6. The molecule has 0 aromatic heterocycles. The number of carbonyl (C=O) groups excluding carboxylic acids is 1. The van der Waals surface area contributed by atoms with Gasteiger partial charge in [-0.3, -0.25) is 4.79 Å². The Labute approximate surface area is 160 Å². The number of ether oxygens (including phenoxy) is 3. The molecule has 7 nitrogen and oxygen atoms in total. The summed E-state index contributed by atoms with van der Waals surface area (Å²) in [5, 5.41) is 21.8. The van der Waals surface area contributed by atoms with Crippen LogP contribution in [0.25, 0.3) is 6.08 Å². The number of nitrogens with one attached hydrogen (secondary N) is 1. The molecular weight excluding hydrogens is 372 g/mol. The van der Waals surface area contributed by atoms with Crippen LogP contribution in [-0.2, 0) is 4.79 Å². The third-order valence-electron chi connectivity index (χ3n) is 3.75. The van der Waals surface area contributed by atoms with Gasteiger partial charge in [0.25, 0.3) is 5.91 Å². The molecule has 0 unspecified atom stereocenters. The molecule has 1 aliphatic heterocycles. The predicted molar refractivity (Wildman–Crippen MR) is 99.3 cm³/mol. The minimum atomic E-state index is -0.600. The first kappa shape index (κ1) is 18.4. The zero-order chi connectivity index (χ0) is 19.4. The van der Waals surface area contributed by atoms with Crippen molar-refractivity contribution in [2.45, 2.75) is 0 Å². The molecule has 1 aliphatic rings. The summed E-state index contributed by atoms with van der Waals surface area (Å²) in [6, 6.07) is 9.71. The molecule has 0 saturated heterocycles. The van der Waals surface area contributed by atoms with E-state index in [-0.39, 0.29) is 22.1 Å². The summed E-state index contributed by atoms with van der Waals surface area (Å²) in [5.74, 6) is 0.448. The maximum atomic E-state index is 12.4. The van der Waals surface area contributed by atoms with E-state index in [2.05, 4.69) is 5.32 Å². The molecule has 0 aliphatic carbocycles. The van der Waals surface area contributed by atoms with E-state index in [9.17, 15) is 15.2 Å². The molecule has 0 fully saturated rings. The van der Waals surface area contributed by atoms with Crippen LogP contribution in [0.3, 0.4) is 0 Å². The molecule has 0 bridgehead atoms. The molecule has 0 spiro atoms. The maximum Gasteiger partial charge on any atom is 0.266 e. The standard InChI is InChI=1S/C19H15ClN2O5/c1-25-17-8-11(7-14(20)18(17)23)6-12(10-21)19(24)22-13-2-3-15-16(9-13)27-5-4-26-15/h2-3,6-9,23H,4-5H2,1H3,(H,22,24). The van der Waals surface area contributed by atoms with Crippen LogP contribution in [0.2, 0.25) is 5.02 Å². The molecule has 2 aromatic carbocycles. The van der Waals surface area contributed by atoms with Gasteiger partial charge in [0.1, 0.15) is 24.9 Å². The minimum absolute atomic E-state index is 0.0464. The third kappa shape index (κ3) is 4.07. The zero-order valence-electron chi connectivity index (χ0n) is 14.3. The number of fused-ring (bicyclic) bond motifs is 1. The number of benzene rings is 2. The van der Waals surface area contributed by atoms with Crippen molar-refractivity contribution in [1.29, 1.82) is 5.26 Å². The van der Waals surface area contributed by atoms with Crippen molar-refractivity contribution in [2.75, 3.05) is 25.6 Å². The van der Waals surface area contributed by atoms with Gasteiger partial charge in [-0.2, -0.15) is 5.26 Å². The smallest absolute Gasteiger partial charge is 0.266 e. The van der Waals surface area contributed by atoms with Gasteiger partial charge in [0.2, 0.25) is 0 Å². The van der Waals surface area contributed by atoms with Crippen molar-refractivity contribution in [3.63, 3.8) is 0 Å². The second-order valence-corrected chi connectivity index (χ2v) is 5.94. The molecule has 27 heavy (non-hydrogen) atoms. The summed E-state index contributed by atoms with van der Waals surface area (Å²) in [6.45, 7) is 0.899. The van der Waals surface area contributed by atoms with Crippen LogP contribution in [0, 0.1) is 11.3 Å². The van der Waals surface area contributed by atoms with Gasteiger partial charge in [0, 0.05) is 11.8 Å². The van der Waals surface area contributed by atoms with E-state index in [1.165, 1.54) is 25.3 Å². The highest BCUT2D eigenvalue weighted by Gasteiger charge is 2.15. The van der Waals surface area contributed by atoms with Gasteiger partial charge in [-0.25, -0.2) is 0 Å². The molecule has 8 heteroatoms. The minimum Gasteiger partial charge on any atom is -0.503 e. The number of hydrogen-bond donors (Lipinski definition) is 2. The van der Waals surface area contributed by atoms with Gasteiger partial charge >= 0.3 is 0 Å². The van der Waals surface area contributed by atoms with Gasteiger partial charge in [-0.15, -0.1) is 0 Å². The number of anilines is 1. The number of amides is 1. The monoisotopic (exact) mass is 386 g/mol. The van der Waals surface area contributed by atoms with Gasteiger partial charge in [-0.05, 0) is 35.9 Å². The summed E-state index contributed by atoms with van der Waals surface area (Å²) in [5.41, 5.74) is 0.754. The Hall–Kier alpha value is -3.37. The van der Waals surface area contributed by atoms with Crippen LogP contribution < -0.4 is 19.5 Å². The number of phenols is 1. The Morgan fingerprint density at radius 2 is 2.04 bits per heavy atom. The Kier molecular flexibility index (Phi) is 5.38. The number of nitriles is 1. The summed E-state index contributed by atoms with van der Waals surface area (Å²) >= 11 is 5.93. The lowest BCUT2D eigenvalue weighted by Gasteiger charge is -2.18. The Bertz CT molecular complexity index is 965. The normalized spacial score (nSPS) is 12.9. The Balaban J connectivity index is 1.83.